The van der Waals surface area contributed by atoms with E-state index in [2.05, 4.69) is 10.6 Å². The van der Waals surface area contributed by atoms with E-state index in [1.54, 1.807) is 26.8 Å². The van der Waals surface area contributed by atoms with Gasteiger partial charge in [0.1, 0.15) is 17.5 Å². The zero-order valence-electron chi connectivity index (χ0n) is 14.3. The molecule has 0 fully saturated rings. The summed E-state index contributed by atoms with van der Waals surface area (Å²) in [6.45, 7) is 8.96. The van der Waals surface area contributed by atoms with Gasteiger partial charge in [0.25, 0.3) is 0 Å². The number of rotatable bonds is 5. The van der Waals surface area contributed by atoms with Crippen LogP contribution in [0, 0.1) is 11.7 Å². The van der Waals surface area contributed by atoms with Crippen LogP contribution in [0.1, 0.15) is 41.0 Å². The second-order valence-electron chi connectivity index (χ2n) is 6.48. The topological polar surface area (TPSA) is 67.4 Å². The van der Waals surface area contributed by atoms with E-state index >= 15 is 0 Å². The predicted octanol–water partition coefficient (Wildman–Crippen LogP) is 3.70. The molecule has 0 aliphatic heterocycles. The summed E-state index contributed by atoms with van der Waals surface area (Å²) in [5.41, 5.74) is -0.580. The molecule has 2 N–H and O–H groups in total. The summed E-state index contributed by atoms with van der Waals surface area (Å²) in [5.74, 6) is -1.13. The molecule has 0 aliphatic carbocycles. The Kier molecular flexibility index (Phi) is 6.54. The average Bonchev–Trinajstić information content (AvgIpc) is 2.44. The van der Waals surface area contributed by atoms with E-state index < -0.39 is 29.5 Å². The molecule has 23 heavy (non-hydrogen) atoms. The lowest BCUT2D eigenvalue weighted by molar-refractivity contribution is -0.119. The Morgan fingerprint density at radius 2 is 1.87 bits per heavy atom. The fourth-order valence-electron chi connectivity index (χ4n) is 1.91. The van der Waals surface area contributed by atoms with E-state index in [0.29, 0.717) is 6.42 Å². The third kappa shape index (κ3) is 6.26. The van der Waals surface area contributed by atoms with Crippen molar-refractivity contribution in [2.45, 2.75) is 52.7 Å². The molecule has 2 atom stereocenters. The second-order valence-corrected chi connectivity index (χ2v) is 6.48. The molecular formula is C17H25FN2O3. The number of ether oxygens (including phenoxy) is 1. The Labute approximate surface area is 136 Å². The zero-order chi connectivity index (χ0) is 17.6. The molecule has 128 valence electrons. The summed E-state index contributed by atoms with van der Waals surface area (Å²) in [7, 11) is 0. The van der Waals surface area contributed by atoms with E-state index in [-0.39, 0.29) is 11.6 Å². The Morgan fingerprint density at radius 3 is 2.39 bits per heavy atom. The lowest BCUT2D eigenvalue weighted by Gasteiger charge is -2.26. The van der Waals surface area contributed by atoms with Crippen molar-refractivity contribution in [3.8, 4) is 0 Å². The molecule has 5 nitrogen and oxygen atoms in total. The van der Waals surface area contributed by atoms with Crippen molar-refractivity contribution < 1.29 is 18.7 Å². The van der Waals surface area contributed by atoms with Gasteiger partial charge in [-0.25, -0.2) is 9.18 Å². The van der Waals surface area contributed by atoms with Gasteiger partial charge < -0.3 is 15.4 Å². The van der Waals surface area contributed by atoms with Crippen molar-refractivity contribution in [3.05, 3.63) is 30.1 Å². The smallest absolute Gasteiger partial charge is 0.408 e. The van der Waals surface area contributed by atoms with Crippen LogP contribution in [0.3, 0.4) is 0 Å². The first-order valence-electron chi connectivity index (χ1n) is 7.69. The third-order valence-corrected chi connectivity index (χ3v) is 3.30. The van der Waals surface area contributed by atoms with E-state index in [1.807, 2.05) is 13.8 Å². The number of para-hydroxylation sites is 1. The number of nitrogens with one attached hydrogen (secondary N) is 2. The molecule has 0 aromatic heterocycles. The van der Waals surface area contributed by atoms with Crippen LogP contribution in [-0.2, 0) is 9.53 Å². The van der Waals surface area contributed by atoms with Crippen molar-refractivity contribution in [1.29, 1.82) is 0 Å². The van der Waals surface area contributed by atoms with Crippen molar-refractivity contribution in [2.24, 2.45) is 5.92 Å². The quantitative estimate of drug-likeness (QED) is 0.868. The number of halogens is 1. The molecule has 0 saturated heterocycles. The van der Waals surface area contributed by atoms with Crippen LogP contribution in [0.25, 0.3) is 0 Å². The minimum atomic E-state index is -0.811. The fraction of sp³-hybridized carbons (Fsp3) is 0.529. The average molecular weight is 324 g/mol. The summed E-state index contributed by atoms with van der Waals surface area (Å²) in [4.78, 5) is 24.3. The number of hydrogen-bond acceptors (Lipinski definition) is 3. The van der Waals surface area contributed by atoms with Crippen LogP contribution < -0.4 is 10.6 Å². The number of benzene rings is 1. The fourth-order valence-corrected chi connectivity index (χ4v) is 1.91. The van der Waals surface area contributed by atoms with Crippen molar-refractivity contribution in [1.82, 2.24) is 5.32 Å². The number of carbonyl (C=O) groups excluding carboxylic acids is 2. The van der Waals surface area contributed by atoms with E-state index in [0.717, 1.165) is 0 Å². The van der Waals surface area contributed by atoms with E-state index in [4.69, 9.17) is 4.74 Å². The van der Waals surface area contributed by atoms with Crippen LogP contribution in [0.4, 0.5) is 14.9 Å². The number of hydrogen-bond donors (Lipinski definition) is 2. The van der Waals surface area contributed by atoms with Gasteiger partial charge in [0.15, 0.2) is 0 Å². The minimum absolute atomic E-state index is 0.0804. The van der Waals surface area contributed by atoms with Gasteiger partial charge in [-0.2, -0.15) is 0 Å². The molecule has 2 unspecified atom stereocenters. The van der Waals surface area contributed by atoms with E-state index in [9.17, 15) is 14.0 Å². The number of carbonyl (C=O) groups is 2. The molecule has 1 rings (SSSR count). The molecular weight excluding hydrogens is 299 g/mol. The number of anilines is 1. The molecule has 2 amide bonds. The highest BCUT2D eigenvalue weighted by atomic mass is 19.1. The number of amides is 2. The maximum atomic E-state index is 13.7. The third-order valence-electron chi connectivity index (χ3n) is 3.30. The van der Waals surface area contributed by atoms with Crippen LogP contribution in [0.15, 0.2) is 24.3 Å². The Balaban J connectivity index is 2.83. The Hall–Kier alpha value is -2.11. The molecule has 1 aromatic carbocycles. The molecule has 0 saturated carbocycles. The Morgan fingerprint density at radius 1 is 1.26 bits per heavy atom. The summed E-state index contributed by atoms with van der Waals surface area (Å²) < 4.78 is 18.8. The number of alkyl carbamates (subject to hydrolysis) is 1. The van der Waals surface area contributed by atoms with Gasteiger partial charge in [-0.1, -0.05) is 32.4 Å². The highest BCUT2D eigenvalue weighted by molar-refractivity contribution is 5.96. The van der Waals surface area contributed by atoms with Gasteiger partial charge in [0.2, 0.25) is 5.91 Å². The van der Waals surface area contributed by atoms with Gasteiger partial charge in [0.05, 0.1) is 5.69 Å². The lowest BCUT2D eigenvalue weighted by Crippen LogP contribution is -2.49. The maximum Gasteiger partial charge on any atom is 0.408 e. The highest BCUT2D eigenvalue weighted by Gasteiger charge is 2.28. The summed E-state index contributed by atoms with van der Waals surface area (Å²) in [6, 6.07) is 5.08. The summed E-state index contributed by atoms with van der Waals surface area (Å²) in [6.07, 6.45) is -0.00277. The molecule has 0 radical (unpaired) electrons. The first-order valence-corrected chi connectivity index (χ1v) is 7.69. The van der Waals surface area contributed by atoms with Crippen LogP contribution >= 0.6 is 0 Å². The normalized spacial score (nSPS) is 13.8. The van der Waals surface area contributed by atoms with Crippen LogP contribution in [0.5, 0.6) is 0 Å². The van der Waals surface area contributed by atoms with Crippen molar-refractivity contribution in [3.63, 3.8) is 0 Å². The maximum absolute atomic E-state index is 13.7. The molecule has 6 heteroatoms. The first kappa shape index (κ1) is 18.9. The second kappa shape index (κ2) is 7.94. The monoisotopic (exact) mass is 324 g/mol. The molecule has 0 spiro atoms. The molecule has 0 bridgehead atoms. The summed E-state index contributed by atoms with van der Waals surface area (Å²) in [5, 5.41) is 5.08. The van der Waals surface area contributed by atoms with Crippen molar-refractivity contribution in [2.75, 3.05) is 5.32 Å². The lowest BCUT2D eigenvalue weighted by atomic mass is 9.98. The Bertz CT molecular complexity index is 555. The van der Waals surface area contributed by atoms with Gasteiger partial charge in [0, 0.05) is 0 Å². The first-order chi connectivity index (χ1) is 10.6. The predicted molar refractivity (Wildman–Crippen MR) is 87.6 cm³/mol. The van der Waals surface area contributed by atoms with Gasteiger partial charge in [-0.3, -0.25) is 4.79 Å². The van der Waals surface area contributed by atoms with Gasteiger partial charge >= 0.3 is 6.09 Å². The highest BCUT2D eigenvalue weighted by Crippen LogP contribution is 2.16. The standard InChI is InChI=1S/C17H25FN2O3/c1-6-11(2)14(20-16(22)23-17(3,4)5)15(21)19-13-10-8-7-9-12(13)18/h7-11,14H,6H2,1-5H3,(H,19,21)(H,20,22). The summed E-state index contributed by atoms with van der Waals surface area (Å²) >= 11 is 0. The molecule has 0 aliphatic rings. The minimum Gasteiger partial charge on any atom is -0.444 e. The van der Waals surface area contributed by atoms with Crippen LogP contribution in [0.2, 0.25) is 0 Å². The van der Waals surface area contributed by atoms with Crippen molar-refractivity contribution >= 4 is 17.7 Å². The van der Waals surface area contributed by atoms with E-state index in [1.165, 1.54) is 18.2 Å². The SMILES string of the molecule is CCC(C)C(NC(=O)OC(C)(C)C)C(=O)Nc1ccccc1F. The van der Waals surface area contributed by atoms with Gasteiger partial charge in [-0.05, 0) is 38.8 Å². The molecule has 0 heterocycles. The van der Waals surface area contributed by atoms with Crippen LogP contribution in [-0.4, -0.2) is 23.6 Å². The largest absolute Gasteiger partial charge is 0.444 e. The van der Waals surface area contributed by atoms with Gasteiger partial charge in [-0.15, -0.1) is 0 Å². The molecule has 1 aromatic rings. The zero-order valence-corrected chi connectivity index (χ0v) is 14.3.